The van der Waals surface area contributed by atoms with Gasteiger partial charge in [-0.25, -0.2) is 8.42 Å². The van der Waals surface area contributed by atoms with Crippen LogP contribution in [0.2, 0.25) is 0 Å². The molecule has 1 amide bonds. The second-order valence-electron chi connectivity index (χ2n) is 5.59. The van der Waals surface area contributed by atoms with Gasteiger partial charge in [-0.15, -0.1) is 0 Å². The third-order valence-electron chi connectivity index (χ3n) is 3.85. The standard InChI is InChI=1S/C18H18N2O4S/c1-3-25(22,23)20-14-10-8-13(9-11-14)19-18(21)17-12(2)15-6-4-5-7-16(15)24-17/h4-11,20H,3H2,1-2H3,(H,19,21). The highest BCUT2D eigenvalue weighted by atomic mass is 32.2. The van der Waals surface area contributed by atoms with E-state index in [-0.39, 0.29) is 17.4 Å². The first-order valence-electron chi connectivity index (χ1n) is 7.79. The highest BCUT2D eigenvalue weighted by molar-refractivity contribution is 7.92. The topological polar surface area (TPSA) is 88.4 Å². The molecule has 1 heterocycles. The first kappa shape index (κ1) is 17.0. The van der Waals surface area contributed by atoms with Crippen LogP contribution in [-0.4, -0.2) is 20.1 Å². The Balaban J connectivity index is 1.77. The molecule has 25 heavy (non-hydrogen) atoms. The quantitative estimate of drug-likeness (QED) is 0.727. The normalized spacial score (nSPS) is 11.4. The van der Waals surface area contributed by atoms with Crippen LogP contribution in [0.25, 0.3) is 11.0 Å². The number of amides is 1. The van der Waals surface area contributed by atoms with Gasteiger partial charge in [-0.1, -0.05) is 18.2 Å². The van der Waals surface area contributed by atoms with Gasteiger partial charge in [-0.3, -0.25) is 9.52 Å². The lowest BCUT2D eigenvalue weighted by molar-refractivity contribution is 0.0998. The minimum absolute atomic E-state index is 0.00316. The Morgan fingerprint density at radius 1 is 1.04 bits per heavy atom. The summed E-state index contributed by atoms with van der Waals surface area (Å²) in [5.41, 5.74) is 2.43. The SMILES string of the molecule is CCS(=O)(=O)Nc1ccc(NC(=O)c2oc3ccccc3c2C)cc1. The molecule has 0 fully saturated rings. The molecule has 0 unspecified atom stereocenters. The van der Waals surface area contributed by atoms with E-state index in [2.05, 4.69) is 10.0 Å². The summed E-state index contributed by atoms with van der Waals surface area (Å²) in [5, 5.41) is 3.65. The Morgan fingerprint density at radius 2 is 1.68 bits per heavy atom. The van der Waals surface area contributed by atoms with Gasteiger partial charge in [0.25, 0.3) is 5.91 Å². The van der Waals surface area contributed by atoms with Crippen molar-refractivity contribution in [2.24, 2.45) is 0 Å². The molecule has 0 spiro atoms. The molecule has 7 heteroatoms. The van der Waals surface area contributed by atoms with Gasteiger partial charge in [0.1, 0.15) is 5.58 Å². The number of carbonyl (C=O) groups is 1. The monoisotopic (exact) mass is 358 g/mol. The van der Waals surface area contributed by atoms with E-state index in [1.165, 1.54) is 0 Å². The number of para-hydroxylation sites is 1. The van der Waals surface area contributed by atoms with Gasteiger partial charge < -0.3 is 9.73 Å². The number of anilines is 2. The zero-order chi connectivity index (χ0) is 18.0. The molecule has 6 nitrogen and oxygen atoms in total. The maximum Gasteiger partial charge on any atom is 0.291 e. The molecular weight excluding hydrogens is 340 g/mol. The van der Waals surface area contributed by atoms with Gasteiger partial charge in [-0.2, -0.15) is 0 Å². The maximum absolute atomic E-state index is 12.4. The molecule has 3 aromatic rings. The summed E-state index contributed by atoms with van der Waals surface area (Å²) in [7, 11) is -3.32. The lowest BCUT2D eigenvalue weighted by atomic mass is 10.1. The molecular formula is C18H18N2O4S. The molecule has 2 aromatic carbocycles. The fourth-order valence-corrected chi connectivity index (χ4v) is 3.09. The minimum atomic E-state index is -3.32. The molecule has 3 rings (SSSR count). The predicted molar refractivity (Wildman–Crippen MR) is 98.4 cm³/mol. The van der Waals surface area contributed by atoms with Crippen LogP contribution < -0.4 is 10.0 Å². The molecule has 0 aliphatic carbocycles. The molecule has 0 saturated heterocycles. The number of hydrogen-bond donors (Lipinski definition) is 2. The number of hydrogen-bond acceptors (Lipinski definition) is 4. The number of aryl methyl sites for hydroxylation is 1. The lowest BCUT2D eigenvalue weighted by Crippen LogP contribution is -2.15. The summed E-state index contributed by atoms with van der Waals surface area (Å²) in [6.07, 6.45) is 0. The van der Waals surface area contributed by atoms with Gasteiger partial charge in [0.15, 0.2) is 5.76 Å². The van der Waals surface area contributed by atoms with E-state index in [0.717, 1.165) is 10.9 Å². The van der Waals surface area contributed by atoms with Crippen molar-refractivity contribution in [3.8, 4) is 0 Å². The number of rotatable bonds is 5. The van der Waals surface area contributed by atoms with Crippen molar-refractivity contribution in [2.45, 2.75) is 13.8 Å². The minimum Gasteiger partial charge on any atom is -0.451 e. The fraction of sp³-hybridized carbons (Fsp3) is 0.167. The third kappa shape index (κ3) is 3.66. The molecule has 130 valence electrons. The zero-order valence-electron chi connectivity index (χ0n) is 13.9. The van der Waals surface area contributed by atoms with Gasteiger partial charge >= 0.3 is 0 Å². The average Bonchev–Trinajstić information content (AvgIpc) is 2.94. The van der Waals surface area contributed by atoms with Crippen molar-refractivity contribution in [1.82, 2.24) is 0 Å². The van der Waals surface area contributed by atoms with Crippen LogP contribution in [-0.2, 0) is 10.0 Å². The van der Waals surface area contributed by atoms with E-state index >= 15 is 0 Å². The maximum atomic E-state index is 12.4. The van der Waals surface area contributed by atoms with Crippen molar-refractivity contribution >= 4 is 38.3 Å². The highest BCUT2D eigenvalue weighted by Crippen LogP contribution is 2.25. The lowest BCUT2D eigenvalue weighted by Gasteiger charge is -2.08. The van der Waals surface area contributed by atoms with E-state index in [9.17, 15) is 13.2 Å². The van der Waals surface area contributed by atoms with Gasteiger partial charge in [0.05, 0.1) is 5.75 Å². The zero-order valence-corrected chi connectivity index (χ0v) is 14.7. The van der Waals surface area contributed by atoms with Crippen molar-refractivity contribution in [1.29, 1.82) is 0 Å². The van der Waals surface area contributed by atoms with Crippen molar-refractivity contribution in [3.05, 3.63) is 59.9 Å². The van der Waals surface area contributed by atoms with E-state index < -0.39 is 10.0 Å². The average molecular weight is 358 g/mol. The second kappa shape index (κ2) is 6.60. The number of carbonyl (C=O) groups excluding carboxylic acids is 1. The van der Waals surface area contributed by atoms with Crippen LogP contribution in [0.15, 0.2) is 52.9 Å². The second-order valence-corrected chi connectivity index (χ2v) is 7.60. The number of furan rings is 1. The van der Waals surface area contributed by atoms with Gasteiger partial charge in [-0.05, 0) is 44.2 Å². The number of benzene rings is 2. The van der Waals surface area contributed by atoms with Crippen molar-refractivity contribution in [2.75, 3.05) is 15.8 Å². The highest BCUT2D eigenvalue weighted by Gasteiger charge is 2.17. The Bertz CT molecular complexity index is 1020. The number of fused-ring (bicyclic) bond motifs is 1. The summed E-state index contributed by atoms with van der Waals surface area (Å²) in [6, 6.07) is 13.9. The fourth-order valence-electron chi connectivity index (χ4n) is 2.45. The van der Waals surface area contributed by atoms with Crippen LogP contribution in [0.5, 0.6) is 0 Å². The van der Waals surface area contributed by atoms with E-state index in [1.807, 2.05) is 31.2 Å². The van der Waals surface area contributed by atoms with Crippen LogP contribution in [0.1, 0.15) is 23.0 Å². The largest absolute Gasteiger partial charge is 0.451 e. The molecule has 1 aromatic heterocycles. The number of sulfonamides is 1. The van der Waals surface area contributed by atoms with Crippen LogP contribution in [0.3, 0.4) is 0 Å². The Hall–Kier alpha value is -2.80. The summed E-state index contributed by atoms with van der Waals surface area (Å²) < 4.78 is 31.2. The molecule has 0 saturated carbocycles. The third-order valence-corrected chi connectivity index (χ3v) is 5.15. The van der Waals surface area contributed by atoms with E-state index in [1.54, 1.807) is 31.2 Å². The Labute approximate surface area is 145 Å². The summed E-state index contributed by atoms with van der Waals surface area (Å²) in [6.45, 7) is 3.40. The van der Waals surface area contributed by atoms with E-state index in [0.29, 0.717) is 17.0 Å². The van der Waals surface area contributed by atoms with Crippen LogP contribution >= 0.6 is 0 Å². The Kier molecular flexibility index (Phi) is 4.50. The van der Waals surface area contributed by atoms with Crippen molar-refractivity contribution < 1.29 is 17.6 Å². The summed E-state index contributed by atoms with van der Waals surface area (Å²) in [4.78, 5) is 12.4. The molecule has 0 radical (unpaired) electrons. The molecule has 0 aliphatic heterocycles. The molecule has 2 N–H and O–H groups in total. The molecule has 0 atom stereocenters. The van der Waals surface area contributed by atoms with Gasteiger partial charge in [0.2, 0.25) is 10.0 Å². The van der Waals surface area contributed by atoms with E-state index in [4.69, 9.17) is 4.42 Å². The van der Waals surface area contributed by atoms with Crippen LogP contribution in [0.4, 0.5) is 11.4 Å². The smallest absolute Gasteiger partial charge is 0.291 e. The molecule has 0 bridgehead atoms. The number of nitrogens with one attached hydrogen (secondary N) is 2. The molecule has 0 aliphatic rings. The first-order chi connectivity index (χ1) is 11.9. The Morgan fingerprint density at radius 3 is 2.32 bits per heavy atom. The summed E-state index contributed by atoms with van der Waals surface area (Å²) in [5.74, 6) is -0.0934. The summed E-state index contributed by atoms with van der Waals surface area (Å²) >= 11 is 0. The van der Waals surface area contributed by atoms with Crippen molar-refractivity contribution in [3.63, 3.8) is 0 Å². The van der Waals surface area contributed by atoms with Crippen LogP contribution in [0, 0.1) is 6.92 Å². The predicted octanol–water partition coefficient (Wildman–Crippen LogP) is 3.76. The van der Waals surface area contributed by atoms with Gasteiger partial charge in [0, 0.05) is 22.3 Å². The first-order valence-corrected chi connectivity index (χ1v) is 9.45.